The van der Waals surface area contributed by atoms with Crippen LogP contribution in [0, 0.1) is 0 Å². The van der Waals surface area contributed by atoms with E-state index in [0.29, 0.717) is 25.3 Å². The van der Waals surface area contributed by atoms with Gasteiger partial charge in [-0.25, -0.2) is 12.7 Å². The Balaban J connectivity index is 1.71. The Hall–Kier alpha value is -0.170. The smallest absolute Gasteiger partial charge is 0.215 e. The number of hydrogen-bond donors (Lipinski definition) is 0. The first-order valence-corrected chi connectivity index (χ1v) is 6.50. The van der Waals surface area contributed by atoms with Gasteiger partial charge in [-0.15, -0.1) is 0 Å². The molecule has 2 rings (SSSR count). The molecule has 14 heavy (non-hydrogen) atoms. The molecule has 82 valence electrons. The molecule has 0 aromatic carbocycles. The van der Waals surface area contributed by atoms with Crippen LogP contribution in [0.3, 0.4) is 0 Å². The lowest BCUT2D eigenvalue weighted by atomic mass is 10.3. The van der Waals surface area contributed by atoms with Crippen LogP contribution in [0.25, 0.3) is 0 Å². The summed E-state index contributed by atoms with van der Waals surface area (Å²) < 4.78 is 34.4. The van der Waals surface area contributed by atoms with Crippen LogP contribution in [0.4, 0.5) is 0 Å². The highest BCUT2D eigenvalue weighted by atomic mass is 32.2. The second-order valence-corrected chi connectivity index (χ2v) is 5.62. The third kappa shape index (κ3) is 2.25. The zero-order valence-electron chi connectivity index (χ0n) is 8.02. The minimum absolute atomic E-state index is 0.209. The predicted molar refractivity (Wildman–Crippen MR) is 50.3 cm³/mol. The summed E-state index contributed by atoms with van der Waals surface area (Å²) in [6.45, 7) is 2.61. The summed E-state index contributed by atoms with van der Waals surface area (Å²) in [5.41, 5.74) is 0. The van der Waals surface area contributed by atoms with Crippen molar-refractivity contribution in [2.75, 3.05) is 32.1 Å². The normalized spacial score (nSPS) is 28.6. The maximum Gasteiger partial charge on any atom is 0.215 e. The van der Waals surface area contributed by atoms with E-state index in [-0.39, 0.29) is 6.29 Å². The van der Waals surface area contributed by atoms with E-state index in [1.165, 1.54) is 4.31 Å². The van der Waals surface area contributed by atoms with Gasteiger partial charge in [-0.2, -0.15) is 0 Å². The molecule has 0 saturated carbocycles. The summed E-state index contributed by atoms with van der Waals surface area (Å²) in [6, 6.07) is 0. The highest BCUT2D eigenvalue weighted by Crippen LogP contribution is 2.16. The van der Waals surface area contributed by atoms with Crippen molar-refractivity contribution in [3.05, 3.63) is 0 Å². The molecule has 0 atom stereocenters. The van der Waals surface area contributed by atoms with Gasteiger partial charge in [0.1, 0.15) is 0 Å². The molecule has 0 bridgehead atoms. The molecule has 0 unspecified atom stereocenters. The number of hydrogen-bond acceptors (Lipinski definition) is 4. The summed E-state index contributed by atoms with van der Waals surface area (Å²) in [5.74, 6) is 0.291. The lowest BCUT2D eigenvalue weighted by Gasteiger charge is -2.32. The molecule has 2 heterocycles. The van der Waals surface area contributed by atoms with Crippen LogP contribution in [0.5, 0.6) is 0 Å². The van der Waals surface area contributed by atoms with E-state index in [4.69, 9.17) is 9.47 Å². The quantitative estimate of drug-likeness (QED) is 0.661. The van der Waals surface area contributed by atoms with E-state index >= 15 is 0 Å². The molecule has 0 N–H and O–H groups in total. The Labute approximate surface area is 84.0 Å². The van der Waals surface area contributed by atoms with Gasteiger partial charge < -0.3 is 9.47 Å². The van der Waals surface area contributed by atoms with Crippen molar-refractivity contribution in [1.82, 2.24) is 4.31 Å². The predicted octanol–water partition coefficient (Wildman–Crippen LogP) is -0.215. The second-order valence-electron chi connectivity index (χ2n) is 3.53. The number of sulfonamides is 1. The third-order valence-corrected chi connectivity index (χ3v) is 4.35. The monoisotopic (exact) mass is 221 g/mol. The van der Waals surface area contributed by atoms with Crippen molar-refractivity contribution >= 4 is 10.0 Å². The van der Waals surface area contributed by atoms with Crippen molar-refractivity contribution in [3.8, 4) is 0 Å². The largest absolute Gasteiger partial charge is 0.353 e. The maximum atomic E-state index is 11.1. The highest BCUT2D eigenvalue weighted by Gasteiger charge is 2.32. The lowest BCUT2D eigenvalue weighted by Crippen LogP contribution is -2.48. The molecule has 0 amide bonds. The van der Waals surface area contributed by atoms with E-state index in [1.807, 2.05) is 0 Å². The fourth-order valence-corrected chi connectivity index (χ4v) is 2.70. The van der Waals surface area contributed by atoms with Gasteiger partial charge in [0, 0.05) is 19.5 Å². The van der Waals surface area contributed by atoms with E-state index in [0.717, 1.165) is 19.6 Å². The minimum Gasteiger partial charge on any atom is -0.353 e. The van der Waals surface area contributed by atoms with Crippen molar-refractivity contribution in [1.29, 1.82) is 0 Å². The molecular formula is C8H15NO4S. The van der Waals surface area contributed by atoms with Gasteiger partial charge in [0.2, 0.25) is 10.0 Å². The number of rotatable bonds is 3. The second kappa shape index (κ2) is 4.14. The number of nitrogens with zero attached hydrogens (tertiary/aromatic N) is 1. The Kier molecular flexibility index (Phi) is 3.06. The molecule has 0 aromatic rings. The molecular weight excluding hydrogens is 206 g/mol. The van der Waals surface area contributed by atoms with E-state index in [9.17, 15) is 8.42 Å². The van der Waals surface area contributed by atoms with Crippen LogP contribution >= 0.6 is 0 Å². The van der Waals surface area contributed by atoms with Gasteiger partial charge in [-0.3, -0.25) is 0 Å². The van der Waals surface area contributed by atoms with E-state index in [1.54, 1.807) is 0 Å². The minimum atomic E-state index is -2.90. The average molecular weight is 221 g/mol. The van der Waals surface area contributed by atoms with Crippen LogP contribution in [-0.4, -0.2) is 51.1 Å². The molecule has 0 aromatic heterocycles. The fraction of sp³-hybridized carbons (Fsp3) is 1.00. The van der Waals surface area contributed by atoms with Crippen molar-refractivity contribution < 1.29 is 17.9 Å². The van der Waals surface area contributed by atoms with Crippen LogP contribution in [0.1, 0.15) is 12.8 Å². The Morgan fingerprint density at radius 1 is 1.29 bits per heavy atom. The summed E-state index contributed by atoms with van der Waals surface area (Å²) in [4.78, 5) is 0. The Morgan fingerprint density at radius 3 is 2.50 bits per heavy atom. The fourth-order valence-electron chi connectivity index (χ4n) is 1.57. The van der Waals surface area contributed by atoms with E-state index < -0.39 is 10.0 Å². The summed E-state index contributed by atoms with van der Waals surface area (Å²) in [5, 5.41) is 0. The van der Waals surface area contributed by atoms with Crippen molar-refractivity contribution in [2.24, 2.45) is 0 Å². The molecule has 6 heteroatoms. The Bertz CT molecular complexity index is 284. The molecule has 0 spiro atoms. The summed E-state index contributed by atoms with van der Waals surface area (Å²) in [6.07, 6.45) is 1.36. The molecule has 0 radical (unpaired) electrons. The first-order chi connectivity index (χ1) is 6.68. The SMILES string of the molecule is O=S1(=O)CCN1CCC1OCCCO1. The molecule has 2 aliphatic rings. The van der Waals surface area contributed by atoms with E-state index in [2.05, 4.69) is 0 Å². The first-order valence-electron chi connectivity index (χ1n) is 4.89. The molecule has 2 fully saturated rings. The molecule has 2 aliphatic heterocycles. The average Bonchev–Trinajstić information content (AvgIpc) is 2.18. The molecule has 5 nitrogen and oxygen atoms in total. The Morgan fingerprint density at radius 2 is 2.00 bits per heavy atom. The van der Waals surface area contributed by atoms with Crippen LogP contribution in [0.2, 0.25) is 0 Å². The molecule has 2 saturated heterocycles. The summed E-state index contributed by atoms with van der Waals surface area (Å²) >= 11 is 0. The first kappa shape index (κ1) is 10.4. The highest BCUT2D eigenvalue weighted by molar-refractivity contribution is 7.90. The van der Waals surface area contributed by atoms with Crippen molar-refractivity contribution in [2.45, 2.75) is 19.1 Å². The van der Waals surface area contributed by atoms with Gasteiger partial charge >= 0.3 is 0 Å². The van der Waals surface area contributed by atoms with Crippen molar-refractivity contribution in [3.63, 3.8) is 0 Å². The summed E-state index contributed by atoms with van der Waals surface area (Å²) in [7, 11) is -2.90. The number of ether oxygens (including phenoxy) is 2. The van der Waals surface area contributed by atoms with Crippen LogP contribution < -0.4 is 0 Å². The van der Waals surface area contributed by atoms with Gasteiger partial charge in [-0.05, 0) is 6.42 Å². The standard InChI is InChI=1S/C8H15NO4S/c10-14(11)7-4-9(14)3-2-8-12-5-1-6-13-8/h8H,1-7H2. The zero-order valence-corrected chi connectivity index (χ0v) is 8.83. The zero-order chi connectivity index (χ0) is 10.0. The van der Waals surface area contributed by atoms with Crippen LogP contribution in [-0.2, 0) is 19.5 Å². The van der Waals surface area contributed by atoms with Gasteiger partial charge in [0.05, 0.1) is 19.0 Å². The van der Waals surface area contributed by atoms with Gasteiger partial charge in [0.15, 0.2) is 6.29 Å². The van der Waals surface area contributed by atoms with Gasteiger partial charge in [-0.1, -0.05) is 0 Å². The lowest BCUT2D eigenvalue weighted by molar-refractivity contribution is -0.181. The van der Waals surface area contributed by atoms with Crippen LogP contribution in [0.15, 0.2) is 0 Å². The molecule has 0 aliphatic carbocycles. The third-order valence-electron chi connectivity index (χ3n) is 2.50. The van der Waals surface area contributed by atoms with Gasteiger partial charge in [0.25, 0.3) is 0 Å². The maximum absolute atomic E-state index is 11.1. The topological polar surface area (TPSA) is 55.8 Å².